The van der Waals surface area contributed by atoms with Crippen LogP contribution in [0.25, 0.3) is 10.4 Å². The summed E-state index contributed by atoms with van der Waals surface area (Å²) in [5.41, 5.74) is 1.11. The zero-order valence-corrected chi connectivity index (χ0v) is 14.6. The first-order chi connectivity index (χ1) is 11.7. The summed E-state index contributed by atoms with van der Waals surface area (Å²) in [6, 6.07) is 12.2. The van der Waals surface area contributed by atoms with Gasteiger partial charge in [-0.2, -0.15) is 0 Å². The Morgan fingerprint density at radius 2 is 1.92 bits per heavy atom. The average Bonchev–Trinajstić information content (AvgIpc) is 3.13. The molecular weight excluding hydrogens is 320 g/mol. The van der Waals surface area contributed by atoms with E-state index in [9.17, 15) is 4.79 Å². The van der Waals surface area contributed by atoms with Crippen molar-refractivity contribution >= 4 is 17.2 Å². The monoisotopic (exact) mass is 342 g/mol. The molecule has 1 aromatic heterocycles. The largest absolute Gasteiger partial charge is 0.497 e. The van der Waals surface area contributed by atoms with Gasteiger partial charge >= 0.3 is 0 Å². The van der Waals surface area contributed by atoms with Crippen molar-refractivity contribution in [1.82, 2.24) is 10.2 Å². The number of ether oxygens (including phenoxy) is 1. The van der Waals surface area contributed by atoms with Crippen molar-refractivity contribution in [2.24, 2.45) is 5.92 Å². The van der Waals surface area contributed by atoms with Crippen molar-refractivity contribution in [3.05, 3.63) is 41.3 Å². The van der Waals surface area contributed by atoms with Gasteiger partial charge in [-0.15, -0.1) is 11.3 Å². The minimum Gasteiger partial charge on any atom is -0.497 e. The van der Waals surface area contributed by atoms with Crippen molar-refractivity contribution in [2.75, 3.05) is 26.7 Å². The van der Waals surface area contributed by atoms with Gasteiger partial charge < -0.3 is 15.0 Å². The zero-order valence-electron chi connectivity index (χ0n) is 13.8. The third-order valence-corrected chi connectivity index (χ3v) is 6.31. The number of benzene rings is 1. The summed E-state index contributed by atoms with van der Waals surface area (Å²) in [4.78, 5) is 17.0. The molecule has 1 N–H and O–H groups in total. The van der Waals surface area contributed by atoms with E-state index in [1.165, 1.54) is 25.9 Å². The van der Waals surface area contributed by atoms with Crippen LogP contribution in [0.3, 0.4) is 0 Å². The lowest BCUT2D eigenvalue weighted by Crippen LogP contribution is -2.57. The van der Waals surface area contributed by atoms with Gasteiger partial charge in [0.1, 0.15) is 5.75 Å². The van der Waals surface area contributed by atoms with Gasteiger partial charge in [-0.3, -0.25) is 4.79 Å². The molecule has 2 bridgehead atoms. The van der Waals surface area contributed by atoms with Crippen LogP contribution in [-0.2, 0) is 0 Å². The maximum Gasteiger partial charge on any atom is 0.261 e. The second-order valence-corrected chi connectivity index (χ2v) is 7.69. The molecule has 3 aliphatic rings. The fourth-order valence-electron chi connectivity index (χ4n) is 3.74. The van der Waals surface area contributed by atoms with Crippen LogP contribution in [0.5, 0.6) is 5.75 Å². The molecule has 0 unspecified atom stereocenters. The van der Waals surface area contributed by atoms with E-state index in [-0.39, 0.29) is 5.91 Å². The van der Waals surface area contributed by atoms with E-state index in [1.807, 2.05) is 36.4 Å². The Balaban J connectivity index is 1.44. The van der Waals surface area contributed by atoms with E-state index in [0.29, 0.717) is 12.0 Å². The summed E-state index contributed by atoms with van der Waals surface area (Å²) < 4.78 is 5.19. The van der Waals surface area contributed by atoms with Gasteiger partial charge in [0.05, 0.1) is 12.0 Å². The molecule has 5 heteroatoms. The average molecular weight is 342 g/mol. The zero-order chi connectivity index (χ0) is 16.5. The number of nitrogens with one attached hydrogen (secondary N) is 1. The van der Waals surface area contributed by atoms with E-state index in [1.54, 1.807) is 18.4 Å². The third kappa shape index (κ3) is 3.06. The number of methoxy groups -OCH3 is 1. The number of rotatable bonds is 4. The number of thiophene rings is 1. The van der Waals surface area contributed by atoms with Gasteiger partial charge in [0.25, 0.3) is 5.91 Å². The van der Waals surface area contributed by atoms with Crippen molar-refractivity contribution in [3.63, 3.8) is 0 Å². The summed E-state index contributed by atoms with van der Waals surface area (Å²) >= 11 is 1.55. The van der Waals surface area contributed by atoms with Gasteiger partial charge in [-0.25, -0.2) is 0 Å². The van der Waals surface area contributed by atoms with Crippen LogP contribution in [0.15, 0.2) is 36.4 Å². The maximum absolute atomic E-state index is 12.6. The summed E-state index contributed by atoms with van der Waals surface area (Å²) in [6.07, 6.45) is 2.43. The highest BCUT2D eigenvalue weighted by atomic mass is 32.1. The van der Waals surface area contributed by atoms with Crippen LogP contribution in [0.4, 0.5) is 0 Å². The van der Waals surface area contributed by atoms with E-state index in [4.69, 9.17) is 4.74 Å². The fraction of sp³-hybridized carbons (Fsp3) is 0.421. The number of piperidine rings is 3. The second-order valence-electron chi connectivity index (χ2n) is 6.61. The Hall–Kier alpha value is -1.85. The summed E-state index contributed by atoms with van der Waals surface area (Å²) in [6.45, 7) is 3.39. The summed E-state index contributed by atoms with van der Waals surface area (Å²) in [7, 11) is 1.66. The van der Waals surface area contributed by atoms with E-state index in [0.717, 1.165) is 27.6 Å². The molecule has 0 radical (unpaired) electrons. The predicted octanol–water partition coefficient (Wildman–Crippen LogP) is 3.25. The van der Waals surface area contributed by atoms with Gasteiger partial charge in [0.2, 0.25) is 0 Å². The maximum atomic E-state index is 12.6. The fourth-order valence-corrected chi connectivity index (χ4v) is 4.65. The Kier molecular flexibility index (Phi) is 4.29. The lowest BCUT2D eigenvalue weighted by Gasteiger charge is -2.44. The van der Waals surface area contributed by atoms with Gasteiger partial charge in [-0.1, -0.05) is 0 Å². The number of amides is 1. The van der Waals surface area contributed by atoms with Crippen molar-refractivity contribution < 1.29 is 9.53 Å². The molecule has 4 nitrogen and oxygen atoms in total. The van der Waals surface area contributed by atoms with Crippen LogP contribution >= 0.6 is 11.3 Å². The number of hydrogen-bond acceptors (Lipinski definition) is 4. The first-order valence-electron chi connectivity index (χ1n) is 8.50. The van der Waals surface area contributed by atoms with Crippen molar-refractivity contribution in [1.29, 1.82) is 0 Å². The van der Waals surface area contributed by atoms with Crippen molar-refractivity contribution in [3.8, 4) is 16.2 Å². The van der Waals surface area contributed by atoms with Crippen LogP contribution in [0.1, 0.15) is 22.5 Å². The molecule has 0 spiro atoms. The van der Waals surface area contributed by atoms with Gasteiger partial charge in [0, 0.05) is 17.5 Å². The minimum absolute atomic E-state index is 0.0681. The first-order valence-corrected chi connectivity index (χ1v) is 9.32. The van der Waals surface area contributed by atoms with Gasteiger partial charge in [0.15, 0.2) is 0 Å². The van der Waals surface area contributed by atoms with Crippen molar-refractivity contribution in [2.45, 2.75) is 18.9 Å². The standard InChI is InChI=1S/C19H22N2O2S/c1-23-15-4-2-14(3-5-15)17-6-7-18(24-17)19(22)20-16-12-21-10-8-13(16)9-11-21/h2-7,13,16H,8-12H2,1H3,(H,20,22)/t16-/m0/s1. The highest BCUT2D eigenvalue weighted by Crippen LogP contribution is 2.31. The SMILES string of the molecule is COc1ccc(-c2ccc(C(=O)N[C@H]3CN4CCC3CC4)s2)cc1. The molecule has 0 saturated carbocycles. The molecule has 3 saturated heterocycles. The van der Waals surface area contributed by atoms with Crippen LogP contribution in [0, 0.1) is 5.92 Å². The quantitative estimate of drug-likeness (QED) is 0.927. The Morgan fingerprint density at radius 1 is 1.17 bits per heavy atom. The Bertz CT molecular complexity index is 717. The number of carbonyl (C=O) groups is 1. The molecule has 4 heterocycles. The molecule has 3 fully saturated rings. The predicted molar refractivity (Wildman–Crippen MR) is 96.7 cm³/mol. The smallest absolute Gasteiger partial charge is 0.261 e. The molecule has 2 aromatic rings. The second kappa shape index (κ2) is 6.57. The van der Waals surface area contributed by atoms with E-state index < -0.39 is 0 Å². The molecule has 24 heavy (non-hydrogen) atoms. The number of hydrogen-bond donors (Lipinski definition) is 1. The van der Waals surface area contributed by atoms with Crippen LogP contribution < -0.4 is 10.1 Å². The lowest BCUT2D eigenvalue weighted by atomic mass is 9.84. The third-order valence-electron chi connectivity index (χ3n) is 5.18. The number of nitrogens with zero attached hydrogens (tertiary/aromatic N) is 1. The highest BCUT2D eigenvalue weighted by Gasteiger charge is 2.35. The Morgan fingerprint density at radius 3 is 2.54 bits per heavy atom. The molecule has 5 rings (SSSR count). The lowest BCUT2D eigenvalue weighted by molar-refractivity contribution is 0.0622. The Labute approximate surface area is 146 Å². The number of fused-ring (bicyclic) bond motifs is 3. The summed E-state index contributed by atoms with van der Waals surface area (Å²) in [5.74, 6) is 1.56. The molecule has 126 valence electrons. The highest BCUT2D eigenvalue weighted by molar-refractivity contribution is 7.17. The number of carbonyl (C=O) groups excluding carboxylic acids is 1. The molecule has 3 aliphatic heterocycles. The van der Waals surface area contributed by atoms with Crippen LogP contribution in [0.2, 0.25) is 0 Å². The molecule has 0 aliphatic carbocycles. The summed E-state index contributed by atoms with van der Waals surface area (Å²) in [5, 5.41) is 3.26. The van der Waals surface area contributed by atoms with E-state index in [2.05, 4.69) is 10.2 Å². The molecular formula is C19H22N2O2S. The minimum atomic E-state index is 0.0681. The molecule has 1 aromatic carbocycles. The first kappa shape index (κ1) is 15.7. The molecule has 1 amide bonds. The topological polar surface area (TPSA) is 41.6 Å². The normalized spacial score (nSPS) is 25.5. The van der Waals surface area contributed by atoms with Crippen LogP contribution in [-0.4, -0.2) is 43.6 Å². The van der Waals surface area contributed by atoms with E-state index >= 15 is 0 Å². The van der Waals surface area contributed by atoms with Gasteiger partial charge in [-0.05, 0) is 73.8 Å². The molecule has 1 atom stereocenters.